The Hall–Kier alpha value is -4.08. The first kappa shape index (κ1) is 32.5. The number of thiazole rings is 1. The van der Waals surface area contributed by atoms with E-state index in [-0.39, 0.29) is 29.9 Å². The number of aliphatic hydroxyl groups excluding tert-OH is 1. The quantitative estimate of drug-likeness (QED) is 0.289. The van der Waals surface area contributed by atoms with Gasteiger partial charge in [0, 0.05) is 42.4 Å². The van der Waals surface area contributed by atoms with E-state index < -0.39 is 6.10 Å². The molecule has 4 aliphatic rings. The van der Waals surface area contributed by atoms with E-state index in [2.05, 4.69) is 16.0 Å². The second kappa shape index (κ2) is 14.2. The fraction of sp³-hybridized carbons (Fsp3) is 0.556. The van der Waals surface area contributed by atoms with Crippen molar-refractivity contribution in [1.82, 2.24) is 19.9 Å². The van der Waals surface area contributed by atoms with Crippen molar-refractivity contribution in [2.24, 2.45) is 11.8 Å². The van der Waals surface area contributed by atoms with Gasteiger partial charge in [-0.2, -0.15) is 5.26 Å². The predicted molar refractivity (Wildman–Crippen MR) is 180 cm³/mol. The molecule has 3 aromatic rings. The highest BCUT2D eigenvalue weighted by Crippen LogP contribution is 2.44. The highest BCUT2D eigenvalue weighted by molar-refractivity contribution is 7.15. The monoisotopic (exact) mass is 670 g/mol. The molecular formula is C36H42N6O5S. The maximum absolute atomic E-state index is 14.3. The molecule has 0 spiro atoms. The minimum Gasteiger partial charge on any atom is -0.494 e. The molecule has 11 nitrogen and oxygen atoms in total. The maximum atomic E-state index is 14.3. The molecule has 252 valence electrons. The maximum Gasteiger partial charge on any atom is 0.410 e. The third-order valence-electron chi connectivity index (χ3n) is 10.3. The van der Waals surface area contributed by atoms with E-state index in [4.69, 9.17) is 14.5 Å². The number of likely N-dealkylation sites (tertiary alicyclic amines) is 1. The van der Waals surface area contributed by atoms with Gasteiger partial charge in [-0.1, -0.05) is 0 Å². The first-order valence-corrected chi connectivity index (χ1v) is 18.0. The first-order chi connectivity index (χ1) is 23.4. The van der Waals surface area contributed by atoms with E-state index in [0.29, 0.717) is 74.4 Å². The van der Waals surface area contributed by atoms with Crippen LogP contribution in [0.25, 0.3) is 10.4 Å². The summed E-state index contributed by atoms with van der Waals surface area (Å²) in [6.45, 7) is 1.22. The van der Waals surface area contributed by atoms with Gasteiger partial charge in [-0.15, -0.1) is 11.3 Å². The number of nitrogens with zero attached hydrogens (tertiary/aromatic N) is 6. The summed E-state index contributed by atoms with van der Waals surface area (Å²) in [5.74, 6) is 2.21. The zero-order valence-electron chi connectivity index (χ0n) is 27.3. The zero-order valence-corrected chi connectivity index (χ0v) is 28.1. The van der Waals surface area contributed by atoms with Crippen LogP contribution in [0.5, 0.6) is 5.75 Å². The normalized spacial score (nSPS) is 24.3. The van der Waals surface area contributed by atoms with Gasteiger partial charge in [-0.3, -0.25) is 9.69 Å². The van der Waals surface area contributed by atoms with Crippen molar-refractivity contribution in [1.29, 1.82) is 5.26 Å². The van der Waals surface area contributed by atoms with Gasteiger partial charge < -0.3 is 19.5 Å². The Morgan fingerprint density at radius 1 is 1.02 bits per heavy atom. The summed E-state index contributed by atoms with van der Waals surface area (Å²) in [4.78, 5) is 45.3. The minimum atomic E-state index is -0.467. The second-order valence-corrected chi connectivity index (χ2v) is 14.8. The van der Waals surface area contributed by atoms with Gasteiger partial charge in [-0.25, -0.2) is 19.7 Å². The lowest BCUT2D eigenvalue weighted by molar-refractivity contribution is -0.124. The SMILES string of the molecule is COc1ccc(C2CCC(CN(C(=O)C3CCC(OC(=O)N4CC(O)C4)CC3)c3cc(-c4cnc(C5CC5)s4)ccn3)CC2)nc1C#N. The van der Waals surface area contributed by atoms with Crippen LogP contribution >= 0.6 is 11.3 Å². The average molecular weight is 671 g/mol. The third-order valence-corrected chi connectivity index (χ3v) is 11.6. The van der Waals surface area contributed by atoms with Gasteiger partial charge in [0.05, 0.1) is 36.2 Å². The average Bonchev–Trinajstić information content (AvgIpc) is 3.84. The number of aromatic nitrogens is 3. The van der Waals surface area contributed by atoms with Gasteiger partial charge in [0.15, 0.2) is 11.4 Å². The van der Waals surface area contributed by atoms with E-state index in [9.17, 15) is 20.0 Å². The number of hydrogen-bond acceptors (Lipinski definition) is 10. The van der Waals surface area contributed by atoms with Crippen LogP contribution < -0.4 is 9.64 Å². The van der Waals surface area contributed by atoms with Crippen LogP contribution in [-0.2, 0) is 9.53 Å². The molecule has 3 aliphatic carbocycles. The van der Waals surface area contributed by atoms with Crippen molar-refractivity contribution < 1.29 is 24.2 Å². The molecule has 0 unspecified atom stereocenters. The number of carbonyl (C=O) groups is 2. The number of ether oxygens (including phenoxy) is 2. The van der Waals surface area contributed by atoms with E-state index in [1.165, 1.54) is 22.7 Å². The van der Waals surface area contributed by atoms with E-state index in [1.807, 2.05) is 35.4 Å². The van der Waals surface area contributed by atoms with Crippen molar-refractivity contribution in [2.45, 2.75) is 88.3 Å². The van der Waals surface area contributed by atoms with Crippen LogP contribution in [0, 0.1) is 23.2 Å². The molecule has 4 heterocycles. The molecule has 48 heavy (non-hydrogen) atoms. The molecular weight excluding hydrogens is 628 g/mol. The fourth-order valence-corrected chi connectivity index (χ4v) is 8.34. The zero-order chi connectivity index (χ0) is 33.2. The standard InChI is InChI=1S/C36H42N6O5S/c1-46-31-13-12-29(40-30(31)17-37)23-4-2-22(3-5-23)19-42(33-16-26(14-15-38-33)32-18-39-34(48-32)24-6-7-24)35(44)25-8-10-28(11-9-25)47-36(45)41-20-27(43)21-41/h12-16,18,22-25,27-28,43H,2-11,19-21H2,1H3. The Kier molecular flexibility index (Phi) is 9.59. The number of rotatable bonds is 9. The summed E-state index contributed by atoms with van der Waals surface area (Å²) >= 11 is 1.73. The van der Waals surface area contributed by atoms with Gasteiger partial charge in [0.1, 0.15) is 18.0 Å². The summed E-state index contributed by atoms with van der Waals surface area (Å²) < 4.78 is 11.0. The number of amides is 2. The lowest BCUT2D eigenvalue weighted by Crippen LogP contribution is -2.54. The number of methoxy groups -OCH3 is 1. The van der Waals surface area contributed by atoms with Gasteiger partial charge in [-0.05, 0) is 100.0 Å². The Morgan fingerprint density at radius 3 is 2.46 bits per heavy atom. The van der Waals surface area contributed by atoms with E-state index in [1.54, 1.807) is 24.6 Å². The second-order valence-electron chi connectivity index (χ2n) is 13.7. The number of hydrogen-bond donors (Lipinski definition) is 1. The van der Waals surface area contributed by atoms with Crippen LogP contribution in [-0.4, -0.2) is 75.9 Å². The lowest BCUT2D eigenvalue weighted by atomic mass is 9.79. The van der Waals surface area contributed by atoms with Crippen LogP contribution in [0.1, 0.15) is 92.4 Å². The largest absolute Gasteiger partial charge is 0.494 e. The molecule has 0 aromatic carbocycles. The van der Waals surface area contributed by atoms with Gasteiger partial charge in [0.2, 0.25) is 5.91 Å². The number of β-amino-alcohol motifs (C(OH)–C–C–N with tert-alkyl or cyclic N) is 1. The molecule has 2 amide bonds. The molecule has 3 saturated carbocycles. The van der Waals surface area contributed by atoms with Crippen molar-refractivity contribution in [2.75, 3.05) is 31.6 Å². The van der Waals surface area contributed by atoms with Gasteiger partial charge >= 0.3 is 6.09 Å². The number of anilines is 1. The highest BCUT2D eigenvalue weighted by atomic mass is 32.1. The Bertz CT molecular complexity index is 1660. The molecule has 4 fully saturated rings. The van der Waals surface area contributed by atoms with Crippen LogP contribution in [0.15, 0.2) is 36.7 Å². The third kappa shape index (κ3) is 7.17. The molecule has 3 aromatic heterocycles. The summed E-state index contributed by atoms with van der Waals surface area (Å²) in [6, 6.07) is 9.97. The van der Waals surface area contributed by atoms with Crippen molar-refractivity contribution in [3.63, 3.8) is 0 Å². The highest BCUT2D eigenvalue weighted by Gasteiger charge is 2.36. The molecule has 1 aliphatic heterocycles. The molecule has 1 N–H and O–H groups in total. The molecule has 0 atom stereocenters. The number of carbonyl (C=O) groups excluding carboxylic acids is 2. The molecule has 12 heteroatoms. The number of pyridine rings is 2. The van der Waals surface area contributed by atoms with E-state index >= 15 is 0 Å². The number of aliphatic hydroxyl groups is 1. The Labute approximate surface area is 284 Å². The Morgan fingerprint density at radius 2 is 1.77 bits per heavy atom. The first-order valence-electron chi connectivity index (χ1n) is 17.2. The molecule has 7 rings (SSSR count). The molecule has 0 bridgehead atoms. The van der Waals surface area contributed by atoms with E-state index in [0.717, 1.165) is 41.8 Å². The number of nitriles is 1. The topological polar surface area (TPSA) is 142 Å². The molecule has 1 saturated heterocycles. The summed E-state index contributed by atoms with van der Waals surface area (Å²) in [7, 11) is 1.55. The smallest absolute Gasteiger partial charge is 0.410 e. The summed E-state index contributed by atoms with van der Waals surface area (Å²) in [5, 5.41) is 20.2. The summed E-state index contributed by atoms with van der Waals surface area (Å²) in [5.41, 5.74) is 2.26. The van der Waals surface area contributed by atoms with Crippen molar-refractivity contribution >= 4 is 29.2 Å². The van der Waals surface area contributed by atoms with Crippen molar-refractivity contribution in [3.8, 4) is 22.3 Å². The fourth-order valence-electron chi connectivity index (χ4n) is 7.26. The predicted octanol–water partition coefficient (Wildman–Crippen LogP) is 6.04. The van der Waals surface area contributed by atoms with Crippen LogP contribution in [0.3, 0.4) is 0 Å². The van der Waals surface area contributed by atoms with Crippen LogP contribution in [0.4, 0.5) is 10.6 Å². The summed E-state index contributed by atoms with van der Waals surface area (Å²) in [6.07, 6.45) is 11.4. The minimum absolute atomic E-state index is 0.0795. The molecule has 0 radical (unpaired) electrons. The van der Waals surface area contributed by atoms with Crippen molar-refractivity contribution in [3.05, 3.63) is 53.1 Å². The Balaban J connectivity index is 1.04. The van der Waals surface area contributed by atoms with Crippen LogP contribution in [0.2, 0.25) is 0 Å². The van der Waals surface area contributed by atoms with Gasteiger partial charge in [0.25, 0.3) is 0 Å². The lowest BCUT2D eigenvalue weighted by Gasteiger charge is -2.37.